The molecule has 0 aliphatic heterocycles. The van der Waals surface area contributed by atoms with E-state index in [-0.39, 0.29) is 23.2 Å². The standard InChI is InChI=1S/C21H23N3O2/c1-3-4-14-24-20(25)13-12-19(23-24)21(26)22-15(2)17-11-7-9-16-8-5-6-10-18(16)17/h5-13,15H,3-4,14H2,1-2H3,(H,22,26). The van der Waals surface area contributed by atoms with E-state index in [0.29, 0.717) is 6.54 Å². The second kappa shape index (κ2) is 7.95. The summed E-state index contributed by atoms with van der Waals surface area (Å²) >= 11 is 0. The summed E-state index contributed by atoms with van der Waals surface area (Å²) in [6.45, 7) is 4.52. The van der Waals surface area contributed by atoms with Gasteiger partial charge in [-0.15, -0.1) is 0 Å². The van der Waals surface area contributed by atoms with E-state index < -0.39 is 0 Å². The number of hydrogen-bond acceptors (Lipinski definition) is 3. The zero-order chi connectivity index (χ0) is 18.5. The van der Waals surface area contributed by atoms with E-state index in [0.717, 1.165) is 29.2 Å². The van der Waals surface area contributed by atoms with Gasteiger partial charge in [-0.1, -0.05) is 55.8 Å². The molecule has 0 fully saturated rings. The van der Waals surface area contributed by atoms with Crippen molar-refractivity contribution in [3.63, 3.8) is 0 Å². The molecule has 0 aliphatic carbocycles. The third kappa shape index (κ3) is 3.82. The van der Waals surface area contributed by atoms with Gasteiger partial charge in [0.1, 0.15) is 5.69 Å². The highest BCUT2D eigenvalue weighted by Crippen LogP contribution is 2.24. The Labute approximate surface area is 152 Å². The van der Waals surface area contributed by atoms with Crippen LogP contribution in [0.25, 0.3) is 10.8 Å². The van der Waals surface area contributed by atoms with Crippen LogP contribution in [0.4, 0.5) is 0 Å². The van der Waals surface area contributed by atoms with Crippen molar-refractivity contribution in [2.24, 2.45) is 0 Å². The molecule has 5 heteroatoms. The fraction of sp³-hybridized carbons (Fsp3) is 0.286. The van der Waals surface area contributed by atoms with Gasteiger partial charge in [0.2, 0.25) is 0 Å². The predicted molar refractivity (Wildman–Crippen MR) is 103 cm³/mol. The number of rotatable bonds is 6. The summed E-state index contributed by atoms with van der Waals surface area (Å²) < 4.78 is 1.36. The van der Waals surface area contributed by atoms with Crippen LogP contribution < -0.4 is 10.9 Å². The summed E-state index contributed by atoms with van der Waals surface area (Å²) in [6.07, 6.45) is 1.81. The highest BCUT2D eigenvalue weighted by molar-refractivity contribution is 5.93. The van der Waals surface area contributed by atoms with Crippen molar-refractivity contribution >= 4 is 16.7 Å². The van der Waals surface area contributed by atoms with Gasteiger partial charge in [0, 0.05) is 12.6 Å². The Morgan fingerprint density at radius 1 is 1.12 bits per heavy atom. The van der Waals surface area contributed by atoms with Gasteiger partial charge in [-0.3, -0.25) is 9.59 Å². The summed E-state index contributed by atoms with van der Waals surface area (Å²) in [7, 11) is 0. The maximum atomic E-state index is 12.6. The van der Waals surface area contributed by atoms with E-state index in [1.54, 1.807) is 0 Å². The molecule has 5 nitrogen and oxygen atoms in total. The van der Waals surface area contributed by atoms with Crippen LogP contribution in [0.3, 0.4) is 0 Å². The van der Waals surface area contributed by atoms with Gasteiger partial charge in [-0.05, 0) is 35.7 Å². The van der Waals surface area contributed by atoms with Crippen LogP contribution in [0, 0.1) is 0 Å². The number of aromatic nitrogens is 2. The SMILES string of the molecule is CCCCn1nc(C(=O)NC(C)c2cccc3ccccc23)ccc1=O. The van der Waals surface area contributed by atoms with E-state index in [2.05, 4.69) is 28.6 Å². The van der Waals surface area contributed by atoms with Crippen molar-refractivity contribution in [1.29, 1.82) is 0 Å². The predicted octanol–water partition coefficient (Wildman–Crippen LogP) is 3.69. The summed E-state index contributed by atoms with van der Waals surface area (Å²) in [5.74, 6) is -0.282. The molecule has 1 atom stereocenters. The lowest BCUT2D eigenvalue weighted by molar-refractivity contribution is 0.0932. The number of aryl methyl sites for hydroxylation is 1. The van der Waals surface area contributed by atoms with Gasteiger partial charge in [0.15, 0.2) is 0 Å². The molecule has 1 unspecified atom stereocenters. The van der Waals surface area contributed by atoms with Crippen LogP contribution in [-0.4, -0.2) is 15.7 Å². The van der Waals surface area contributed by atoms with Crippen molar-refractivity contribution < 1.29 is 4.79 Å². The Balaban J connectivity index is 1.82. The summed E-state index contributed by atoms with van der Waals surface area (Å²) in [6, 6.07) is 16.9. The molecule has 1 amide bonds. The Bertz CT molecular complexity index is 973. The number of unbranched alkanes of at least 4 members (excludes halogenated alkanes) is 1. The zero-order valence-corrected chi connectivity index (χ0v) is 15.1. The molecule has 0 aliphatic rings. The second-order valence-electron chi connectivity index (χ2n) is 6.40. The molecular formula is C21H23N3O2. The zero-order valence-electron chi connectivity index (χ0n) is 15.1. The van der Waals surface area contributed by atoms with Crippen LogP contribution in [0.5, 0.6) is 0 Å². The first-order valence-corrected chi connectivity index (χ1v) is 8.97. The van der Waals surface area contributed by atoms with Gasteiger partial charge >= 0.3 is 0 Å². The van der Waals surface area contributed by atoms with Crippen molar-refractivity contribution in [3.05, 3.63) is 76.2 Å². The Kier molecular flexibility index (Phi) is 5.46. The topological polar surface area (TPSA) is 64.0 Å². The number of benzene rings is 2. The molecule has 0 radical (unpaired) electrons. The van der Waals surface area contributed by atoms with Gasteiger partial charge in [-0.25, -0.2) is 4.68 Å². The lowest BCUT2D eigenvalue weighted by Crippen LogP contribution is -2.31. The number of fused-ring (bicyclic) bond motifs is 1. The largest absolute Gasteiger partial charge is 0.344 e. The Morgan fingerprint density at radius 3 is 2.69 bits per heavy atom. The number of carbonyl (C=O) groups is 1. The first-order valence-electron chi connectivity index (χ1n) is 8.97. The van der Waals surface area contributed by atoms with Crippen LogP contribution in [-0.2, 0) is 6.54 Å². The minimum atomic E-state index is -0.282. The molecule has 0 spiro atoms. The molecule has 1 N–H and O–H groups in total. The van der Waals surface area contributed by atoms with E-state index in [1.165, 1.54) is 16.8 Å². The molecule has 3 aromatic rings. The first kappa shape index (κ1) is 17.9. The quantitative estimate of drug-likeness (QED) is 0.738. The molecule has 0 saturated heterocycles. The second-order valence-corrected chi connectivity index (χ2v) is 6.40. The smallest absolute Gasteiger partial charge is 0.272 e. The van der Waals surface area contributed by atoms with Crippen molar-refractivity contribution in [2.75, 3.05) is 0 Å². The van der Waals surface area contributed by atoms with E-state index >= 15 is 0 Å². The number of nitrogens with zero attached hydrogens (tertiary/aromatic N) is 2. The lowest BCUT2D eigenvalue weighted by Gasteiger charge is -2.16. The molecule has 134 valence electrons. The van der Waals surface area contributed by atoms with Crippen LogP contribution in [0.1, 0.15) is 48.8 Å². The molecule has 1 heterocycles. The van der Waals surface area contributed by atoms with Crippen molar-refractivity contribution in [1.82, 2.24) is 15.1 Å². The summed E-state index contributed by atoms with van der Waals surface area (Å²) in [5, 5.41) is 9.45. The van der Waals surface area contributed by atoms with Crippen molar-refractivity contribution in [2.45, 2.75) is 39.3 Å². The molecule has 3 rings (SSSR count). The third-order valence-electron chi connectivity index (χ3n) is 4.46. The summed E-state index contributed by atoms with van der Waals surface area (Å²) in [4.78, 5) is 24.5. The highest BCUT2D eigenvalue weighted by atomic mass is 16.2. The maximum absolute atomic E-state index is 12.6. The Morgan fingerprint density at radius 2 is 1.88 bits per heavy atom. The molecule has 0 saturated carbocycles. The van der Waals surface area contributed by atoms with Crippen molar-refractivity contribution in [3.8, 4) is 0 Å². The molecule has 26 heavy (non-hydrogen) atoms. The van der Waals surface area contributed by atoms with E-state index in [4.69, 9.17) is 0 Å². The molecule has 2 aromatic carbocycles. The monoisotopic (exact) mass is 349 g/mol. The maximum Gasteiger partial charge on any atom is 0.272 e. The average Bonchev–Trinajstić information content (AvgIpc) is 2.66. The normalized spacial score (nSPS) is 12.1. The number of amides is 1. The number of carbonyl (C=O) groups excluding carboxylic acids is 1. The lowest BCUT2D eigenvalue weighted by atomic mass is 9.99. The highest BCUT2D eigenvalue weighted by Gasteiger charge is 2.15. The minimum Gasteiger partial charge on any atom is -0.344 e. The van der Waals surface area contributed by atoms with Crippen LogP contribution in [0.2, 0.25) is 0 Å². The van der Waals surface area contributed by atoms with Crippen LogP contribution in [0.15, 0.2) is 59.4 Å². The van der Waals surface area contributed by atoms with Gasteiger partial charge in [0.25, 0.3) is 11.5 Å². The van der Waals surface area contributed by atoms with E-state index in [1.807, 2.05) is 38.1 Å². The number of nitrogens with one attached hydrogen (secondary N) is 1. The fourth-order valence-corrected chi connectivity index (χ4v) is 3.01. The average molecular weight is 349 g/mol. The fourth-order valence-electron chi connectivity index (χ4n) is 3.01. The first-order chi connectivity index (χ1) is 12.6. The number of hydrogen-bond donors (Lipinski definition) is 1. The molecular weight excluding hydrogens is 326 g/mol. The Hall–Kier alpha value is -2.95. The third-order valence-corrected chi connectivity index (χ3v) is 4.46. The van der Waals surface area contributed by atoms with Crippen LogP contribution >= 0.6 is 0 Å². The molecule has 1 aromatic heterocycles. The van der Waals surface area contributed by atoms with Gasteiger partial charge < -0.3 is 5.32 Å². The molecule has 0 bridgehead atoms. The van der Waals surface area contributed by atoms with Gasteiger partial charge in [0.05, 0.1) is 6.04 Å². The minimum absolute atomic E-state index is 0.175. The summed E-state index contributed by atoms with van der Waals surface area (Å²) in [5.41, 5.74) is 1.13. The van der Waals surface area contributed by atoms with E-state index in [9.17, 15) is 9.59 Å². The van der Waals surface area contributed by atoms with Gasteiger partial charge in [-0.2, -0.15) is 5.10 Å².